The maximum Gasteiger partial charge on any atom is 0.309 e. The average molecular weight is 331 g/mol. The summed E-state index contributed by atoms with van der Waals surface area (Å²) in [5, 5.41) is 19.3. The molecule has 2 N–H and O–H groups in total. The Hall–Kier alpha value is -1.85. The SMILES string of the molecule is O=C(O)C1(CCN2CCC=C(c3cccc(O)c3)C2)CCOCC1. The van der Waals surface area contributed by atoms with E-state index in [0.717, 1.165) is 31.6 Å². The molecule has 0 aliphatic carbocycles. The fourth-order valence-electron chi connectivity index (χ4n) is 3.62. The number of carbonyl (C=O) groups is 1. The van der Waals surface area contributed by atoms with E-state index in [2.05, 4.69) is 11.0 Å². The van der Waals surface area contributed by atoms with Gasteiger partial charge in [0.05, 0.1) is 5.41 Å². The molecule has 0 unspecified atom stereocenters. The third-order valence-corrected chi connectivity index (χ3v) is 5.26. The van der Waals surface area contributed by atoms with Gasteiger partial charge in [0.25, 0.3) is 0 Å². The van der Waals surface area contributed by atoms with E-state index >= 15 is 0 Å². The van der Waals surface area contributed by atoms with E-state index in [1.54, 1.807) is 12.1 Å². The molecule has 5 heteroatoms. The van der Waals surface area contributed by atoms with Crippen molar-refractivity contribution in [2.45, 2.75) is 25.7 Å². The number of hydrogen-bond donors (Lipinski definition) is 2. The van der Waals surface area contributed by atoms with E-state index in [1.165, 1.54) is 5.57 Å². The van der Waals surface area contributed by atoms with Crippen LogP contribution in [0.5, 0.6) is 5.75 Å². The minimum atomic E-state index is -0.688. The first-order chi connectivity index (χ1) is 11.6. The zero-order chi connectivity index (χ0) is 17.0. The molecule has 2 heterocycles. The van der Waals surface area contributed by atoms with Crippen LogP contribution in [0.1, 0.15) is 31.2 Å². The van der Waals surface area contributed by atoms with Crippen molar-refractivity contribution in [2.24, 2.45) is 5.41 Å². The van der Waals surface area contributed by atoms with Gasteiger partial charge in [0.1, 0.15) is 5.75 Å². The number of ether oxygens (including phenoxy) is 1. The molecule has 1 aromatic carbocycles. The summed E-state index contributed by atoms with van der Waals surface area (Å²) in [6, 6.07) is 7.32. The van der Waals surface area contributed by atoms with E-state index < -0.39 is 11.4 Å². The van der Waals surface area contributed by atoms with Gasteiger partial charge in [-0.25, -0.2) is 0 Å². The Labute approximate surface area is 142 Å². The lowest BCUT2D eigenvalue weighted by molar-refractivity contribution is -0.155. The van der Waals surface area contributed by atoms with Gasteiger partial charge in [0.2, 0.25) is 0 Å². The number of aliphatic carboxylic acids is 1. The Morgan fingerprint density at radius 1 is 1.29 bits per heavy atom. The number of nitrogens with zero attached hydrogens (tertiary/aromatic N) is 1. The number of hydrogen-bond acceptors (Lipinski definition) is 4. The molecule has 0 saturated carbocycles. The molecule has 3 rings (SSSR count). The van der Waals surface area contributed by atoms with Gasteiger partial charge in [-0.15, -0.1) is 0 Å². The number of carboxylic acid groups (broad SMARTS) is 1. The maximum absolute atomic E-state index is 11.8. The molecule has 0 amide bonds. The van der Waals surface area contributed by atoms with Crippen LogP contribution in [-0.2, 0) is 9.53 Å². The molecular formula is C19H25NO4. The summed E-state index contributed by atoms with van der Waals surface area (Å²) in [5.74, 6) is -0.413. The van der Waals surface area contributed by atoms with Crippen molar-refractivity contribution >= 4 is 11.5 Å². The molecule has 2 aliphatic heterocycles. The smallest absolute Gasteiger partial charge is 0.309 e. The molecule has 5 nitrogen and oxygen atoms in total. The summed E-state index contributed by atoms with van der Waals surface area (Å²) in [6.07, 6.45) is 5.04. The Balaban J connectivity index is 1.62. The summed E-state index contributed by atoms with van der Waals surface area (Å²) in [7, 11) is 0. The highest BCUT2D eigenvalue weighted by Crippen LogP contribution is 2.35. The molecule has 0 bridgehead atoms. The minimum absolute atomic E-state index is 0.276. The molecule has 130 valence electrons. The molecule has 0 radical (unpaired) electrons. The fraction of sp³-hybridized carbons (Fsp3) is 0.526. The van der Waals surface area contributed by atoms with Gasteiger partial charge < -0.3 is 14.9 Å². The van der Waals surface area contributed by atoms with E-state index in [0.29, 0.717) is 32.5 Å². The molecule has 0 aromatic heterocycles. The summed E-state index contributed by atoms with van der Waals surface area (Å²) < 4.78 is 5.34. The molecule has 0 atom stereocenters. The highest BCUT2D eigenvalue weighted by atomic mass is 16.5. The number of rotatable bonds is 5. The third-order valence-electron chi connectivity index (χ3n) is 5.26. The van der Waals surface area contributed by atoms with Crippen molar-refractivity contribution in [1.82, 2.24) is 4.90 Å². The highest BCUT2D eigenvalue weighted by Gasteiger charge is 2.40. The van der Waals surface area contributed by atoms with Crippen molar-refractivity contribution in [1.29, 1.82) is 0 Å². The molecule has 0 spiro atoms. The second-order valence-corrected chi connectivity index (χ2v) is 6.79. The van der Waals surface area contributed by atoms with Crippen LogP contribution in [0.2, 0.25) is 0 Å². The van der Waals surface area contributed by atoms with Crippen molar-refractivity contribution < 1.29 is 19.7 Å². The third kappa shape index (κ3) is 3.79. The normalized spacial score (nSPS) is 21.2. The Morgan fingerprint density at radius 3 is 2.79 bits per heavy atom. The number of benzene rings is 1. The maximum atomic E-state index is 11.8. The van der Waals surface area contributed by atoms with Crippen LogP contribution in [0, 0.1) is 5.41 Å². The second kappa shape index (κ2) is 7.36. The van der Waals surface area contributed by atoms with Crippen LogP contribution in [0.4, 0.5) is 0 Å². The lowest BCUT2D eigenvalue weighted by Gasteiger charge is -2.36. The molecule has 2 aliphatic rings. The van der Waals surface area contributed by atoms with Gasteiger partial charge in [0.15, 0.2) is 0 Å². The first kappa shape index (κ1) is 17.0. The first-order valence-electron chi connectivity index (χ1n) is 8.61. The monoisotopic (exact) mass is 331 g/mol. The van der Waals surface area contributed by atoms with Gasteiger partial charge in [-0.05, 0) is 55.5 Å². The van der Waals surface area contributed by atoms with Gasteiger partial charge in [-0.1, -0.05) is 18.2 Å². The van der Waals surface area contributed by atoms with Gasteiger partial charge in [0, 0.05) is 26.3 Å². The Bertz CT molecular complexity index is 620. The largest absolute Gasteiger partial charge is 0.508 e. The number of aromatic hydroxyl groups is 1. The van der Waals surface area contributed by atoms with E-state index in [9.17, 15) is 15.0 Å². The van der Waals surface area contributed by atoms with Crippen LogP contribution in [0.3, 0.4) is 0 Å². The quantitative estimate of drug-likeness (QED) is 0.868. The zero-order valence-corrected chi connectivity index (χ0v) is 13.9. The predicted molar refractivity (Wildman–Crippen MR) is 91.9 cm³/mol. The molecular weight excluding hydrogens is 306 g/mol. The summed E-state index contributed by atoms with van der Waals surface area (Å²) in [4.78, 5) is 14.1. The molecule has 1 saturated heterocycles. The topological polar surface area (TPSA) is 70.0 Å². The number of phenolic OH excluding ortho intramolecular Hbond substituents is 1. The highest BCUT2D eigenvalue weighted by molar-refractivity contribution is 5.74. The number of phenols is 1. The summed E-state index contributed by atoms with van der Waals surface area (Å²) in [6.45, 7) is 3.62. The molecule has 24 heavy (non-hydrogen) atoms. The average Bonchev–Trinajstić information content (AvgIpc) is 2.61. The lowest BCUT2D eigenvalue weighted by atomic mass is 9.77. The first-order valence-corrected chi connectivity index (χ1v) is 8.61. The van der Waals surface area contributed by atoms with Gasteiger partial charge >= 0.3 is 5.97 Å². The zero-order valence-electron chi connectivity index (χ0n) is 13.9. The fourth-order valence-corrected chi connectivity index (χ4v) is 3.62. The van der Waals surface area contributed by atoms with Crippen LogP contribution < -0.4 is 0 Å². The lowest BCUT2D eigenvalue weighted by Crippen LogP contribution is -2.41. The predicted octanol–water partition coefficient (Wildman–Crippen LogP) is 2.75. The van der Waals surface area contributed by atoms with Crippen LogP contribution in [0.15, 0.2) is 30.3 Å². The standard InChI is InChI=1S/C19H25NO4/c21-17-5-1-3-15(13-17)16-4-2-9-20(14-16)10-6-19(18(22)23)7-11-24-12-8-19/h1,3-5,13,21H,2,6-12,14H2,(H,22,23). The second-order valence-electron chi connectivity index (χ2n) is 6.79. The van der Waals surface area contributed by atoms with Crippen molar-refractivity contribution in [2.75, 3.05) is 32.8 Å². The number of carboxylic acids is 1. The summed E-state index contributed by atoms with van der Waals surface area (Å²) in [5.41, 5.74) is 1.61. The van der Waals surface area contributed by atoms with E-state index in [1.807, 2.05) is 12.1 Å². The van der Waals surface area contributed by atoms with E-state index in [4.69, 9.17) is 4.74 Å². The Kier molecular flexibility index (Phi) is 5.21. The van der Waals surface area contributed by atoms with Crippen molar-refractivity contribution in [3.63, 3.8) is 0 Å². The van der Waals surface area contributed by atoms with Gasteiger partial charge in [-0.2, -0.15) is 0 Å². The van der Waals surface area contributed by atoms with E-state index in [-0.39, 0.29) is 5.75 Å². The van der Waals surface area contributed by atoms with Crippen molar-refractivity contribution in [3.05, 3.63) is 35.9 Å². The van der Waals surface area contributed by atoms with Crippen LogP contribution >= 0.6 is 0 Å². The molecule has 1 aromatic rings. The van der Waals surface area contributed by atoms with Crippen LogP contribution in [-0.4, -0.2) is 53.9 Å². The minimum Gasteiger partial charge on any atom is -0.508 e. The van der Waals surface area contributed by atoms with Crippen molar-refractivity contribution in [3.8, 4) is 5.75 Å². The Morgan fingerprint density at radius 2 is 2.08 bits per heavy atom. The molecule has 1 fully saturated rings. The summed E-state index contributed by atoms with van der Waals surface area (Å²) >= 11 is 0. The van der Waals surface area contributed by atoms with Crippen LogP contribution in [0.25, 0.3) is 5.57 Å². The van der Waals surface area contributed by atoms with Gasteiger partial charge in [-0.3, -0.25) is 9.69 Å².